The Morgan fingerprint density at radius 2 is 1.76 bits per heavy atom. The van der Waals surface area contributed by atoms with Crippen molar-refractivity contribution >= 4 is 29.6 Å². The van der Waals surface area contributed by atoms with Gasteiger partial charge in [-0.3, -0.25) is 9.36 Å². The number of fused-ring (bicyclic) bond motifs is 1. The highest BCUT2D eigenvalue weighted by molar-refractivity contribution is 7.80. The van der Waals surface area contributed by atoms with Crippen LogP contribution in [0.2, 0.25) is 0 Å². The zero-order valence-electron chi connectivity index (χ0n) is 19.7. The fraction of sp³-hybridized carbons (Fsp3) is 0.286. The summed E-state index contributed by atoms with van der Waals surface area (Å²) in [4.78, 5) is 17.0. The van der Waals surface area contributed by atoms with Gasteiger partial charge in [0.2, 0.25) is 0 Å². The van der Waals surface area contributed by atoms with Crippen LogP contribution in [-0.4, -0.2) is 29.2 Å². The van der Waals surface area contributed by atoms with Gasteiger partial charge in [0.05, 0.1) is 19.2 Å². The largest absolute Gasteiger partial charge is 0.493 e. The third-order valence-electron chi connectivity index (χ3n) is 5.80. The van der Waals surface area contributed by atoms with Crippen LogP contribution in [0.25, 0.3) is 16.7 Å². The van der Waals surface area contributed by atoms with Crippen molar-refractivity contribution in [1.29, 1.82) is 0 Å². The van der Waals surface area contributed by atoms with Crippen LogP contribution in [0.4, 0.5) is 0 Å². The van der Waals surface area contributed by atoms with Crippen molar-refractivity contribution in [3.8, 4) is 11.4 Å². The molecule has 0 fully saturated rings. The maximum atomic E-state index is 11.2. The number of imidazole rings is 1. The number of rotatable bonds is 10. The zero-order valence-corrected chi connectivity index (χ0v) is 20.6. The van der Waals surface area contributed by atoms with Crippen molar-refractivity contribution in [3.63, 3.8) is 0 Å². The molecular formula is C28H30N2O3S. The number of hydrogen-bond donors (Lipinski definition) is 1. The number of methoxy groups -OCH3 is 1. The van der Waals surface area contributed by atoms with Crippen molar-refractivity contribution in [1.82, 2.24) is 9.55 Å². The fourth-order valence-corrected chi connectivity index (χ4v) is 4.28. The van der Waals surface area contributed by atoms with Crippen LogP contribution in [0.1, 0.15) is 42.6 Å². The molecule has 34 heavy (non-hydrogen) atoms. The Balaban J connectivity index is 1.60. The Morgan fingerprint density at radius 1 is 1.00 bits per heavy atom. The average Bonchev–Trinajstić information content (AvgIpc) is 3.20. The summed E-state index contributed by atoms with van der Waals surface area (Å²) < 4.78 is 12.9. The topological polar surface area (TPSA) is 53.4 Å². The number of nitrogens with zero attached hydrogens (tertiary/aromatic N) is 2. The molecule has 0 unspecified atom stereocenters. The Bertz CT molecular complexity index is 1250. The van der Waals surface area contributed by atoms with Gasteiger partial charge in [-0.05, 0) is 49.9 Å². The predicted octanol–water partition coefficient (Wildman–Crippen LogP) is 6.33. The molecule has 0 aliphatic heterocycles. The highest BCUT2D eigenvalue weighted by Gasteiger charge is 2.16. The molecule has 0 N–H and O–H groups in total. The van der Waals surface area contributed by atoms with Gasteiger partial charge in [0.15, 0.2) is 0 Å². The van der Waals surface area contributed by atoms with Crippen LogP contribution in [0.15, 0.2) is 71.6 Å². The number of unbranched alkanes of at least 4 members (excludes halogenated alkanes) is 2. The summed E-state index contributed by atoms with van der Waals surface area (Å²) >= 11 is 4.74. The molecule has 4 rings (SSSR count). The van der Waals surface area contributed by atoms with Crippen molar-refractivity contribution < 1.29 is 14.3 Å². The van der Waals surface area contributed by atoms with Gasteiger partial charge in [0.25, 0.3) is 0 Å². The minimum atomic E-state index is -0.165. The lowest BCUT2D eigenvalue weighted by Crippen LogP contribution is -2.03. The van der Waals surface area contributed by atoms with E-state index < -0.39 is 0 Å². The Hall–Kier alpha value is -3.25. The third kappa shape index (κ3) is 5.81. The van der Waals surface area contributed by atoms with Crippen LogP contribution in [0, 0.1) is 6.92 Å². The molecule has 0 saturated carbocycles. The van der Waals surface area contributed by atoms with E-state index in [0.29, 0.717) is 19.4 Å². The maximum Gasteiger partial charge on any atom is 0.305 e. The lowest BCUT2D eigenvalue weighted by atomic mass is 10.1. The van der Waals surface area contributed by atoms with Gasteiger partial charge in [-0.1, -0.05) is 48.0 Å². The normalized spacial score (nSPS) is 11.0. The SMILES string of the molecule is COC(=O)CCCCCOc1cc(S)c2nc(Cc3ccccc3)n(-c3ccc(C)cc3)c2c1. The van der Waals surface area contributed by atoms with Crippen LogP contribution in [-0.2, 0) is 16.0 Å². The molecule has 0 bridgehead atoms. The summed E-state index contributed by atoms with van der Waals surface area (Å²) in [6, 6.07) is 22.8. The van der Waals surface area contributed by atoms with Gasteiger partial charge in [0, 0.05) is 29.5 Å². The molecule has 4 aromatic rings. The number of hydrogen-bond acceptors (Lipinski definition) is 5. The minimum Gasteiger partial charge on any atom is -0.493 e. The number of aryl methyl sites for hydroxylation is 1. The molecule has 176 valence electrons. The molecule has 0 spiro atoms. The Labute approximate surface area is 206 Å². The third-order valence-corrected chi connectivity index (χ3v) is 6.14. The molecule has 1 heterocycles. The Kier molecular flexibility index (Phi) is 7.91. The summed E-state index contributed by atoms with van der Waals surface area (Å²) in [6.07, 6.45) is 3.74. The van der Waals surface area contributed by atoms with Gasteiger partial charge >= 0.3 is 5.97 Å². The first-order valence-electron chi connectivity index (χ1n) is 11.6. The van der Waals surface area contributed by atoms with Crippen LogP contribution < -0.4 is 4.74 Å². The van der Waals surface area contributed by atoms with E-state index in [2.05, 4.69) is 64.8 Å². The quantitative estimate of drug-likeness (QED) is 0.166. The lowest BCUT2D eigenvalue weighted by Gasteiger charge is -2.12. The van der Waals surface area contributed by atoms with E-state index in [4.69, 9.17) is 22.3 Å². The highest BCUT2D eigenvalue weighted by Crippen LogP contribution is 2.32. The summed E-state index contributed by atoms with van der Waals surface area (Å²) in [5.74, 6) is 1.56. The standard InChI is InChI=1S/C28H30N2O3S/c1-20-12-14-22(15-13-20)30-24-18-23(33-16-8-4-7-11-27(31)32-2)19-25(34)28(24)29-26(30)17-21-9-5-3-6-10-21/h3,5-6,9-10,12-15,18-19,34H,4,7-8,11,16-17H2,1-2H3. The lowest BCUT2D eigenvalue weighted by molar-refractivity contribution is -0.140. The number of benzene rings is 3. The molecule has 0 radical (unpaired) electrons. The van der Waals surface area contributed by atoms with E-state index in [1.54, 1.807) is 0 Å². The minimum absolute atomic E-state index is 0.165. The first-order valence-corrected chi connectivity index (χ1v) is 12.0. The number of esters is 1. The number of carbonyl (C=O) groups excluding carboxylic acids is 1. The molecule has 0 aliphatic carbocycles. The van der Waals surface area contributed by atoms with Crippen LogP contribution >= 0.6 is 12.6 Å². The van der Waals surface area contributed by atoms with Crippen LogP contribution in [0.5, 0.6) is 5.75 Å². The monoisotopic (exact) mass is 474 g/mol. The van der Waals surface area contributed by atoms with Crippen molar-refractivity contribution in [2.45, 2.75) is 43.9 Å². The second kappa shape index (κ2) is 11.3. The van der Waals surface area contributed by atoms with Gasteiger partial charge in [0.1, 0.15) is 17.1 Å². The molecule has 0 aliphatic rings. The van der Waals surface area contributed by atoms with E-state index in [-0.39, 0.29) is 5.97 Å². The van der Waals surface area contributed by atoms with E-state index in [1.807, 2.05) is 18.2 Å². The van der Waals surface area contributed by atoms with Crippen molar-refractivity contribution in [2.75, 3.05) is 13.7 Å². The van der Waals surface area contributed by atoms with Gasteiger partial charge in [-0.15, -0.1) is 12.6 Å². The molecular weight excluding hydrogens is 444 g/mol. The maximum absolute atomic E-state index is 11.2. The number of aromatic nitrogens is 2. The van der Waals surface area contributed by atoms with Crippen LogP contribution in [0.3, 0.4) is 0 Å². The summed E-state index contributed by atoms with van der Waals surface area (Å²) in [5.41, 5.74) is 5.31. The highest BCUT2D eigenvalue weighted by atomic mass is 32.1. The first kappa shape index (κ1) is 23.9. The summed E-state index contributed by atoms with van der Waals surface area (Å²) in [6.45, 7) is 2.67. The number of ether oxygens (including phenoxy) is 2. The van der Waals surface area contributed by atoms with E-state index in [0.717, 1.165) is 52.5 Å². The van der Waals surface area contributed by atoms with E-state index >= 15 is 0 Å². The number of carbonyl (C=O) groups is 1. The summed E-state index contributed by atoms with van der Waals surface area (Å²) in [5, 5.41) is 0. The molecule has 0 amide bonds. The zero-order chi connectivity index (χ0) is 23.9. The van der Waals surface area contributed by atoms with Gasteiger partial charge in [-0.2, -0.15) is 0 Å². The van der Waals surface area contributed by atoms with Gasteiger partial charge < -0.3 is 9.47 Å². The molecule has 0 atom stereocenters. The summed E-state index contributed by atoms with van der Waals surface area (Å²) in [7, 11) is 1.42. The van der Waals surface area contributed by atoms with E-state index in [1.165, 1.54) is 18.2 Å². The molecule has 3 aromatic carbocycles. The molecule has 5 nitrogen and oxygen atoms in total. The van der Waals surface area contributed by atoms with E-state index in [9.17, 15) is 4.79 Å². The second-order valence-corrected chi connectivity index (χ2v) is 8.89. The predicted molar refractivity (Wildman–Crippen MR) is 138 cm³/mol. The first-order chi connectivity index (χ1) is 16.5. The molecule has 1 aromatic heterocycles. The average molecular weight is 475 g/mol. The molecule has 6 heteroatoms. The van der Waals surface area contributed by atoms with Crippen molar-refractivity contribution in [3.05, 3.63) is 83.7 Å². The van der Waals surface area contributed by atoms with Gasteiger partial charge in [-0.25, -0.2) is 4.98 Å². The smallest absolute Gasteiger partial charge is 0.305 e. The Morgan fingerprint density at radius 3 is 2.50 bits per heavy atom. The second-order valence-electron chi connectivity index (χ2n) is 8.41. The molecule has 0 saturated heterocycles. The number of thiol groups is 1. The fourth-order valence-electron chi connectivity index (χ4n) is 3.98. The van der Waals surface area contributed by atoms with Crippen molar-refractivity contribution in [2.24, 2.45) is 0 Å².